The molecule has 0 amide bonds. The SMILES string of the molecule is CCCC(CN)C(O)C(C)(C)CC. The van der Waals surface area contributed by atoms with Crippen LogP contribution in [0.2, 0.25) is 0 Å². The van der Waals surface area contributed by atoms with Crippen molar-refractivity contribution >= 4 is 0 Å². The van der Waals surface area contributed by atoms with Crippen LogP contribution in [0, 0.1) is 11.3 Å². The largest absolute Gasteiger partial charge is 0.392 e. The minimum atomic E-state index is -0.262. The van der Waals surface area contributed by atoms with Crippen molar-refractivity contribution in [3.63, 3.8) is 0 Å². The summed E-state index contributed by atoms with van der Waals surface area (Å²) in [7, 11) is 0. The van der Waals surface area contributed by atoms with Crippen LogP contribution in [0.5, 0.6) is 0 Å². The summed E-state index contributed by atoms with van der Waals surface area (Å²) in [4.78, 5) is 0. The van der Waals surface area contributed by atoms with Crippen LogP contribution in [0.3, 0.4) is 0 Å². The second-order valence-electron chi connectivity index (χ2n) is 4.57. The first kappa shape index (κ1) is 12.9. The second-order valence-corrected chi connectivity index (χ2v) is 4.57. The molecule has 13 heavy (non-hydrogen) atoms. The minimum absolute atomic E-state index is 0.000787. The molecule has 2 unspecified atom stereocenters. The van der Waals surface area contributed by atoms with E-state index in [9.17, 15) is 5.11 Å². The van der Waals surface area contributed by atoms with Gasteiger partial charge in [0.2, 0.25) is 0 Å². The lowest BCUT2D eigenvalue weighted by molar-refractivity contribution is -0.00121. The molecule has 2 heteroatoms. The molecule has 2 atom stereocenters. The fraction of sp³-hybridized carbons (Fsp3) is 1.00. The molecule has 0 fully saturated rings. The maximum Gasteiger partial charge on any atom is 0.0631 e. The Balaban J connectivity index is 4.26. The third kappa shape index (κ3) is 3.65. The molecule has 3 N–H and O–H groups in total. The van der Waals surface area contributed by atoms with E-state index in [2.05, 4.69) is 27.7 Å². The van der Waals surface area contributed by atoms with E-state index >= 15 is 0 Å². The maximum absolute atomic E-state index is 10.1. The lowest BCUT2D eigenvalue weighted by Crippen LogP contribution is -2.39. The average Bonchev–Trinajstić information content (AvgIpc) is 2.13. The van der Waals surface area contributed by atoms with E-state index < -0.39 is 0 Å². The molecule has 0 saturated heterocycles. The Hall–Kier alpha value is -0.0800. The van der Waals surface area contributed by atoms with Crippen molar-refractivity contribution in [2.45, 2.75) is 53.1 Å². The quantitative estimate of drug-likeness (QED) is 0.669. The number of hydrogen-bond acceptors (Lipinski definition) is 2. The molecule has 0 heterocycles. The van der Waals surface area contributed by atoms with Gasteiger partial charge in [-0.3, -0.25) is 0 Å². The highest BCUT2D eigenvalue weighted by molar-refractivity contribution is 4.82. The van der Waals surface area contributed by atoms with Crippen LogP contribution in [0.4, 0.5) is 0 Å². The van der Waals surface area contributed by atoms with Gasteiger partial charge in [-0.2, -0.15) is 0 Å². The number of hydrogen-bond donors (Lipinski definition) is 2. The van der Waals surface area contributed by atoms with Crippen LogP contribution < -0.4 is 5.73 Å². The lowest BCUT2D eigenvalue weighted by atomic mass is 9.76. The zero-order valence-electron chi connectivity index (χ0n) is 9.51. The molecular weight excluding hydrogens is 162 g/mol. The van der Waals surface area contributed by atoms with Crippen molar-refractivity contribution in [3.8, 4) is 0 Å². The molecule has 0 bridgehead atoms. The maximum atomic E-state index is 10.1. The molecule has 0 spiro atoms. The van der Waals surface area contributed by atoms with Gasteiger partial charge in [0.05, 0.1) is 6.10 Å². The van der Waals surface area contributed by atoms with Gasteiger partial charge < -0.3 is 10.8 Å². The van der Waals surface area contributed by atoms with E-state index in [1.54, 1.807) is 0 Å². The van der Waals surface area contributed by atoms with Gasteiger partial charge in [0.1, 0.15) is 0 Å². The summed E-state index contributed by atoms with van der Waals surface area (Å²) in [6.07, 6.45) is 2.86. The van der Waals surface area contributed by atoms with Crippen LogP contribution in [-0.2, 0) is 0 Å². The molecule has 80 valence electrons. The van der Waals surface area contributed by atoms with E-state index in [1.165, 1.54) is 0 Å². The van der Waals surface area contributed by atoms with Crippen molar-refractivity contribution in [1.82, 2.24) is 0 Å². The van der Waals surface area contributed by atoms with Crippen LogP contribution in [0.1, 0.15) is 47.0 Å². The highest BCUT2D eigenvalue weighted by Crippen LogP contribution is 2.30. The smallest absolute Gasteiger partial charge is 0.0631 e. The van der Waals surface area contributed by atoms with E-state index in [0.717, 1.165) is 19.3 Å². The first-order valence-corrected chi connectivity index (χ1v) is 5.37. The molecule has 0 aromatic rings. The Bertz CT molecular complexity index is 134. The van der Waals surface area contributed by atoms with Gasteiger partial charge in [-0.25, -0.2) is 0 Å². The highest BCUT2D eigenvalue weighted by Gasteiger charge is 2.31. The summed E-state index contributed by atoms with van der Waals surface area (Å²) in [5, 5.41) is 10.1. The molecule has 0 radical (unpaired) electrons. The standard InChI is InChI=1S/C11H25NO/c1-5-7-9(8-12)10(13)11(3,4)6-2/h9-10,13H,5-8,12H2,1-4H3. The molecule has 0 aliphatic carbocycles. The number of aliphatic hydroxyl groups excluding tert-OH is 1. The molecular formula is C11H25NO. The van der Waals surface area contributed by atoms with Crippen LogP contribution >= 0.6 is 0 Å². The second kappa shape index (κ2) is 5.61. The predicted molar refractivity (Wildman–Crippen MR) is 57.5 cm³/mol. The Morgan fingerprint density at radius 1 is 1.31 bits per heavy atom. The summed E-state index contributed by atoms with van der Waals surface area (Å²) in [6, 6.07) is 0. The summed E-state index contributed by atoms with van der Waals surface area (Å²) in [6.45, 7) is 9.06. The molecule has 0 aromatic carbocycles. The fourth-order valence-corrected chi connectivity index (χ4v) is 1.62. The monoisotopic (exact) mass is 187 g/mol. The lowest BCUT2D eigenvalue weighted by Gasteiger charge is -2.34. The van der Waals surface area contributed by atoms with Gasteiger partial charge in [0.25, 0.3) is 0 Å². The Morgan fingerprint density at radius 3 is 2.15 bits per heavy atom. The van der Waals surface area contributed by atoms with Crippen molar-refractivity contribution in [2.75, 3.05) is 6.54 Å². The summed E-state index contributed by atoms with van der Waals surface area (Å²) < 4.78 is 0. The average molecular weight is 187 g/mol. The molecule has 0 saturated carbocycles. The molecule has 0 aromatic heterocycles. The topological polar surface area (TPSA) is 46.2 Å². The van der Waals surface area contributed by atoms with Crippen LogP contribution in [0.15, 0.2) is 0 Å². The van der Waals surface area contributed by atoms with Crippen molar-refractivity contribution in [3.05, 3.63) is 0 Å². The predicted octanol–water partition coefficient (Wildman–Crippen LogP) is 2.16. The van der Waals surface area contributed by atoms with E-state index in [0.29, 0.717) is 6.54 Å². The highest BCUT2D eigenvalue weighted by atomic mass is 16.3. The summed E-state index contributed by atoms with van der Waals surface area (Å²) in [5.41, 5.74) is 5.65. The van der Waals surface area contributed by atoms with Gasteiger partial charge in [-0.05, 0) is 30.7 Å². The van der Waals surface area contributed by atoms with Crippen molar-refractivity contribution in [1.29, 1.82) is 0 Å². The number of nitrogens with two attached hydrogens (primary N) is 1. The van der Waals surface area contributed by atoms with Gasteiger partial charge in [-0.1, -0.05) is 34.1 Å². The first-order valence-electron chi connectivity index (χ1n) is 5.37. The van der Waals surface area contributed by atoms with E-state index in [1.807, 2.05) is 0 Å². The minimum Gasteiger partial charge on any atom is -0.392 e. The van der Waals surface area contributed by atoms with Crippen molar-refractivity contribution in [2.24, 2.45) is 17.1 Å². The number of aliphatic hydroxyl groups is 1. The molecule has 0 aliphatic heterocycles. The molecule has 0 rings (SSSR count). The number of rotatable bonds is 6. The zero-order chi connectivity index (χ0) is 10.5. The zero-order valence-corrected chi connectivity index (χ0v) is 9.51. The van der Waals surface area contributed by atoms with Gasteiger partial charge in [0.15, 0.2) is 0 Å². The van der Waals surface area contributed by atoms with Gasteiger partial charge in [-0.15, -0.1) is 0 Å². The summed E-state index contributed by atoms with van der Waals surface area (Å²) in [5.74, 6) is 0.264. The van der Waals surface area contributed by atoms with Crippen LogP contribution in [0.25, 0.3) is 0 Å². The molecule has 0 aliphatic rings. The van der Waals surface area contributed by atoms with Crippen LogP contribution in [-0.4, -0.2) is 17.8 Å². The van der Waals surface area contributed by atoms with Gasteiger partial charge in [0, 0.05) is 0 Å². The van der Waals surface area contributed by atoms with Crippen molar-refractivity contribution < 1.29 is 5.11 Å². The summed E-state index contributed by atoms with van der Waals surface area (Å²) >= 11 is 0. The first-order chi connectivity index (χ1) is 5.99. The Labute approximate surface area is 82.5 Å². The third-order valence-corrected chi connectivity index (χ3v) is 3.12. The van der Waals surface area contributed by atoms with Gasteiger partial charge >= 0.3 is 0 Å². The van der Waals surface area contributed by atoms with E-state index in [4.69, 9.17) is 5.73 Å². The fourth-order valence-electron chi connectivity index (χ4n) is 1.62. The Morgan fingerprint density at radius 2 is 1.85 bits per heavy atom. The third-order valence-electron chi connectivity index (χ3n) is 3.12. The Kier molecular flexibility index (Phi) is 5.57. The van der Waals surface area contributed by atoms with E-state index in [-0.39, 0.29) is 17.4 Å². The molecule has 2 nitrogen and oxygen atoms in total. The normalized spacial score (nSPS) is 17.1.